The van der Waals surface area contributed by atoms with Crippen LogP contribution < -0.4 is 11.1 Å². The van der Waals surface area contributed by atoms with Gasteiger partial charge < -0.3 is 11.1 Å². The molecule has 0 bridgehead atoms. The van der Waals surface area contributed by atoms with Crippen LogP contribution >= 0.6 is 0 Å². The van der Waals surface area contributed by atoms with Crippen molar-refractivity contribution in [3.8, 4) is 0 Å². The first-order valence-corrected chi connectivity index (χ1v) is 5.50. The lowest BCUT2D eigenvalue weighted by Gasteiger charge is -2.09. The van der Waals surface area contributed by atoms with Crippen molar-refractivity contribution in [2.24, 2.45) is 11.7 Å². The van der Waals surface area contributed by atoms with Gasteiger partial charge in [0.2, 0.25) is 5.91 Å². The highest BCUT2D eigenvalue weighted by atomic mass is 16.1. The molecule has 0 saturated heterocycles. The van der Waals surface area contributed by atoms with Crippen molar-refractivity contribution in [1.82, 2.24) is 10.3 Å². The zero-order valence-corrected chi connectivity index (χ0v) is 9.86. The Morgan fingerprint density at radius 2 is 2.31 bits per heavy atom. The molecule has 0 spiro atoms. The molecule has 0 aromatic carbocycles. The van der Waals surface area contributed by atoms with Crippen LogP contribution in [-0.2, 0) is 11.3 Å². The monoisotopic (exact) mass is 221 g/mol. The van der Waals surface area contributed by atoms with Crippen molar-refractivity contribution in [1.29, 1.82) is 0 Å². The minimum Gasteiger partial charge on any atom is -0.352 e. The van der Waals surface area contributed by atoms with Crippen LogP contribution in [0.2, 0.25) is 0 Å². The fourth-order valence-corrected chi connectivity index (χ4v) is 1.28. The quantitative estimate of drug-likeness (QED) is 0.779. The fourth-order valence-electron chi connectivity index (χ4n) is 1.28. The summed E-state index contributed by atoms with van der Waals surface area (Å²) in [6.07, 6.45) is 2.26. The smallest absolute Gasteiger partial charge is 0.220 e. The van der Waals surface area contributed by atoms with E-state index in [1.54, 1.807) is 6.20 Å². The minimum absolute atomic E-state index is 0.0403. The number of aromatic nitrogens is 1. The minimum atomic E-state index is 0.0403. The number of nitrogens with two attached hydrogens (primary N) is 1. The van der Waals surface area contributed by atoms with Gasteiger partial charge in [-0.25, -0.2) is 0 Å². The number of nitrogens with zero attached hydrogens (tertiary/aromatic N) is 1. The summed E-state index contributed by atoms with van der Waals surface area (Å²) >= 11 is 0. The average Bonchev–Trinajstić information content (AvgIpc) is 2.28. The van der Waals surface area contributed by atoms with Crippen LogP contribution in [0.5, 0.6) is 0 Å². The highest BCUT2D eigenvalue weighted by molar-refractivity contribution is 5.76. The van der Waals surface area contributed by atoms with Crippen molar-refractivity contribution in [2.45, 2.75) is 26.8 Å². The number of hydrogen-bond donors (Lipinski definition) is 2. The third-order valence-corrected chi connectivity index (χ3v) is 2.40. The van der Waals surface area contributed by atoms with E-state index in [2.05, 4.69) is 10.3 Å². The summed E-state index contributed by atoms with van der Waals surface area (Å²) in [5, 5.41) is 2.85. The standard InChI is InChI=1S/C12H19N3O/c1-9(6-13)5-12(16)15-8-11-4-3-10(2)14-7-11/h3-4,7,9H,5-6,8,13H2,1-2H3,(H,15,16). The Kier molecular flexibility index (Phi) is 4.92. The molecule has 1 heterocycles. The third-order valence-electron chi connectivity index (χ3n) is 2.40. The van der Waals surface area contributed by atoms with E-state index >= 15 is 0 Å². The van der Waals surface area contributed by atoms with E-state index in [9.17, 15) is 4.79 Å². The Morgan fingerprint density at radius 3 is 2.88 bits per heavy atom. The topological polar surface area (TPSA) is 68.0 Å². The summed E-state index contributed by atoms with van der Waals surface area (Å²) in [7, 11) is 0. The van der Waals surface area contributed by atoms with Crippen molar-refractivity contribution in [3.05, 3.63) is 29.6 Å². The molecule has 88 valence electrons. The normalized spacial score (nSPS) is 12.2. The Bertz CT molecular complexity index is 335. The molecule has 1 amide bonds. The van der Waals surface area contributed by atoms with E-state index in [0.717, 1.165) is 11.3 Å². The molecule has 1 atom stereocenters. The predicted molar refractivity (Wildman–Crippen MR) is 63.7 cm³/mol. The van der Waals surface area contributed by atoms with Crippen LogP contribution in [0.25, 0.3) is 0 Å². The van der Waals surface area contributed by atoms with Crippen LogP contribution in [0.1, 0.15) is 24.6 Å². The number of rotatable bonds is 5. The van der Waals surface area contributed by atoms with Crippen molar-refractivity contribution in [2.75, 3.05) is 6.54 Å². The lowest BCUT2D eigenvalue weighted by atomic mass is 10.1. The molecule has 1 rings (SSSR count). The Hall–Kier alpha value is -1.42. The van der Waals surface area contributed by atoms with Gasteiger partial charge in [-0.15, -0.1) is 0 Å². The molecule has 0 radical (unpaired) electrons. The summed E-state index contributed by atoms with van der Waals surface area (Å²) in [4.78, 5) is 15.6. The second-order valence-electron chi connectivity index (χ2n) is 4.13. The maximum absolute atomic E-state index is 11.5. The first kappa shape index (κ1) is 12.6. The number of aryl methyl sites for hydroxylation is 1. The van der Waals surface area contributed by atoms with Gasteiger partial charge >= 0.3 is 0 Å². The number of nitrogens with one attached hydrogen (secondary N) is 1. The summed E-state index contributed by atoms with van der Waals surface area (Å²) in [5.41, 5.74) is 7.45. The zero-order chi connectivity index (χ0) is 12.0. The Labute approximate surface area is 96.3 Å². The van der Waals surface area contributed by atoms with E-state index in [1.807, 2.05) is 26.0 Å². The van der Waals surface area contributed by atoms with Crippen LogP contribution in [0.3, 0.4) is 0 Å². The fraction of sp³-hybridized carbons (Fsp3) is 0.500. The van der Waals surface area contributed by atoms with Crippen molar-refractivity contribution in [3.63, 3.8) is 0 Å². The maximum Gasteiger partial charge on any atom is 0.220 e. The van der Waals surface area contributed by atoms with Crippen LogP contribution in [-0.4, -0.2) is 17.4 Å². The molecule has 1 aromatic heterocycles. The number of hydrogen-bond acceptors (Lipinski definition) is 3. The highest BCUT2D eigenvalue weighted by Crippen LogP contribution is 2.01. The third kappa shape index (κ3) is 4.40. The highest BCUT2D eigenvalue weighted by Gasteiger charge is 2.06. The maximum atomic E-state index is 11.5. The molecule has 3 N–H and O–H groups in total. The van der Waals surface area contributed by atoms with Gasteiger partial charge in [-0.05, 0) is 31.0 Å². The number of carbonyl (C=O) groups excluding carboxylic acids is 1. The first-order chi connectivity index (χ1) is 7.61. The predicted octanol–water partition coefficient (Wildman–Crippen LogP) is 0.991. The summed E-state index contributed by atoms with van der Waals surface area (Å²) in [6, 6.07) is 3.90. The van der Waals surface area contributed by atoms with Gasteiger partial charge in [-0.1, -0.05) is 13.0 Å². The number of pyridine rings is 1. The van der Waals surface area contributed by atoms with E-state index in [4.69, 9.17) is 5.73 Å². The molecule has 4 heteroatoms. The van der Waals surface area contributed by atoms with E-state index in [1.165, 1.54) is 0 Å². The van der Waals surface area contributed by atoms with Gasteiger partial charge in [0.15, 0.2) is 0 Å². The van der Waals surface area contributed by atoms with Gasteiger partial charge in [0.1, 0.15) is 0 Å². The van der Waals surface area contributed by atoms with Crippen molar-refractivity contribution < 1.29 is 4.79 Å². The van der Waals surface area contributed by atoms with E-state index in [0.29, 0.717) is 19.5 Å². The SMILES string of the molecule is Cc1ccc(CNC(=O)CC(C)CN)cn1. The largest absolute Gasteiger partial charge is 0.352 e. The van der Waals surface area contributed by atoms with Gasteiger partial charge in [-0.2, -0.15) is 0 Å². The summed E-state index contributed by atoms with van der Waals surface area (Å²) < 4.78 is 0. The molecule has 16 heavy (non-hydrogen) atoms. The molecule has 0 saturated carbocycles. The molecule has 1 aromatic rings. The average molecular weight is 221 g/mol. The van der Waals surface area contributed by atoms with Gasteiger partial charge in [0.25, 0.3) is 0 Å². The molecule has 4 nitrogen and oxygen atoms in total. The molecule has 0 aliphatic heterocycles. The van der Waals surface area contributed by atoms with E-state index < -0.39 is 0 Å². The molecule has 1 unspecified atom stereocenters. The summed E-state index contributed by atoms with van der Waals surface area (Å²) in [5.74, 6) is 0.273. The molecule has 0 fully saturated rings. The van der Waals surface area contributed by atoms with Gasteiger partial charge in [0, 0.05) is 24.9 Å². The van der Waals surface area contributed by atoms with Crippen LogP contribution in [0.15, 0.2) is 18.3 Å². The van der Waals surface area contributed by atoms with Crippen molar-refractivity contribution >= 4 is 5.91 Å². The molecule has 0 aliphatic carbocycles. The molecular formula is C12H19N3O. The second-order valence-corrected chi connectivity index (χ2v) is 4.13. The zero-order valence-electron chi connectivity index (χ0n) is 9.86. The lowest BCUT2D eigenvalue weighted by Crippen LogP contribution is -2.26. The molecular weight excluding hydrogens is 202 g/mol. The Balaban J connectivity index is 2.34. The molecule has 0 aliphatic rings. The lowest BCUT2D eigenvalue weighted by molar-refractivity contribution is -0.122. The number of amides is 1. The Morgan fingerprint density at radius 1 is 1.56 bits per heavy atom. The first-order valence-electron chi connectivity index (χ1n) is 5.50. The van der Waals surface area contributed by atoms with Gasteiger partial charge in [0.05, 0.1) is 0 Å². The van der Waals surface area contributed by atoms with Crippen LogP contribution in [0.4, 0.5) is 0 Å². The van der Waals surface area contributed by atoms with Gasteiger partial charge in [-0.3, -0.25) is 9.78 Å². The second kappa shape index (κ2) is 6.23. The van der Waals surface area contributed by atoms with E-state index in [-0.39, 0.29) is 11.8 Å². The summed E-state index contributed by atoms with van der Waals surface area (Å²) in [6.45, 7) is 4.97. The van der Waals surface area contributed by atoms with Crippen LogP contribution in [0, 0.1) is 12.8 Å². The number of carbonyl (C=O) groups is 1.